The van der Waals surface area contributed by atoms with Crippen LogP contribution in [-0.4, -0.2) is 17.0 Å². The summed E-state index contributed by atoms with van der Waals surface area (Å²) in [5.41, 5.74) is 0.883. The fourth-order valence-electron chi connectivity index (χ4n) is 1.83. The Morgan fingerprint density at radius 1 is 1.35 bits per heavy atom. The molecule has 1 aromatic carbocycles. The smallest absolute Gasteiger partial charge is 0.227 e. The van der Waals surface area contributed by atoms with E-state index in [1.807, 2.05) is 0 Å². The van der Waals surface area contributed by atoms with Gasteiger partial charge in [-0.3, -0.25) is 0 Å². The van der Waals surface area contributed by atoms with Gasteiger partial charge in [0.05, 0.1) is 10.0 Å². The number of aromatic nitrogens is 2. The van der Waals surface area contributed by atoms with Crippen molar-refractivity contribution in [3.05, 3.63) is 40.4 Å². The Hall–Kier alpha value is -1.69. The minimum absolute atomic E-state index is 0.358. The van der Waals surface area contributed by atoms with Gasteiger partial charge < -0.3 is 10.1 Å². The first kappa shape index (κ1) is 14.7. The van der Waals surface area contributed by atoms with Crippen molar-refractivity contribution in [2.45, 2.75) is 19.8 Å². The highest BCUT2D eigenvalue weighted by Crippen LogP contribution is 2.32. The SMILES string of the molecule is CCCc1c(NC)ncnc1Oc1cc(F)ccc1Br. The van der Waals surface area contributed by atoms with Gasteiger partial charge in [-0.1, -0.05) is 13.3 Å². The minimum Gasteiger partial charge on any atom is -0.437 e. The third-order valence-electron chi connectivity index (χ3n) is 2.74. The Morgan fingerprint density at radius 3 is 2.85 bits per heavy atom. The number of halogens is 2. The summed E-state index contributed by atoms with van der Waals surface area (Å²) < 4.78 is 19.7. The van der Waals surface area contributed by atoms with Crippen LogP contribution in [0.1, 0.15) is 18.9 Å². The summed E-state index contributed by atoms with van der Waals surface area (Å²) in [4.78, 5) is 8.33. The van der Waals surface area contributed by atoms with Gasteiger partial charge in [-0.05, 0) is 34.5 Å². The topological polar surface area (TPSA) is 47.0 Å². The van der Waals surface area contributed by atoms with Crippen LogP contribution in [0.15, 0.2) is 29.0 Å². The van der Waals surface area contributed by atoms with Crippen LogP contribution in [0.4, 0.5) is 10.2 Å². The number of hydrogen-bond donors (Lipinski definition) is 1. The second-order valence-electron chi connectivity index (χ2n) is 4.18. The zero-order chi connectivity index (χ0) is 14.5. The molecule has 0 bridgehead atoms. The number of rotatable bonds is 5. The van der Waals surface area contributed by atoms with E-state index in [1.165, 1.54) is 18.5 Å². The lowest BCUT2D eigenvalue weighted by atomic mass is 10.1. The molecule has 20 heavy (non-hydrogen) atoms. The van der Waals surface area contributed by atoms with Gasteiger partial charge in [-0.15, -0.1) is 0 Å². The maximum atomic E-state index is 13.3. The van der Waals surface area contributed by atoms with Crippen LogP contribution in [0.3, 0.4) is 0 Å². The molecule has 0 unspecified atom stereocenters. The molecule has 0 radical (unpaired) electrons. The summed E-state index contributed by atoms with van der Waals surface area (Å²) >= 11 is 3.34. The lowest BCUT2D eigenvalue weighted by Crippen LogP contribution is -2.03. The van der Waals surface area contributed by atoms with Gasteiger partial charge in [-0.2, -0.15) is 0 Å². The van der Waals surface area contributed by atoms with E-state index in [2.05, 4.69) is 38.1 Å². The third-order valence-corrected chi connectivity index (χ3v) is 3.40. The molecule has 0 aliphatic carbocycles. The van der Waals surface area contributed by atoms with Crippen LogP contribution < -0.4 is 10.1 Å². The maximum absolute atomic E-state index is 13.3. The largest absolute Gasteiger partial charge is 0.437 e. The van der Waals surface area contributed by atoms with Crippen LogP contribution in [0.2, 0.25) is 0 Å². The Labute approximate surface area is 125 Å². The van der Waals surface area contributed by atoms with Gasteiger partial charge >= 0.3 is 0 Å². The van der Waals surface area contributed by atoms with Gasteiger partial charge in [-0.25, -0.2) is 14.4 Å². The monoisotopic (exact) mass is 339 g/mol. The van der Waals surface area contributed by atoms with Gasteiger partial charge in [0, 0.05) is 13.1 Å². The highest BCUT2D eigenvalue weighted by molar-refractivity contribution is 9.10. The molecule has 0 spiro atoms. The zero-order valence-electron chi connectivity index (χ0n) is 11.3. The van der Waals surface area contributed by atoms with Crippen molar-refractivity contribution >= 4 is 21.7 Å². The van der Waals surface area contributed by atoms with Crippen LogP contribution in [0, 0.1) is 5.82 Å². The molecule has 0 saturated heterocycles. The van der Waals surface area contributed by atoms with Crippen molar-refractivity contribution in [1.82, 2.24) is 9.97 Å². The molecular weight excluding hydrogens is 325 g/mol. The van der Waals surface area contributed by atoms with E-state index in [1.54, 1.807) is 13.1 Å². The van der Waals surface area contributed by atoms with Gasteiger partial charge in [0.2, 0.25) is 5.88 Å². The zero-order valence-corrected chi connectivity index (χ0v) is 12.9. The fraction of sp³-hybridized carbons (Fsp3) is 0.286. The van der Waals surface area contributed by atoms with Gasteiger partial charge in [0.15, 0.2) is 0 Å². The highest BCUT2D eigenvalue weighted by atomic mass is 79.9. The van der Waals surface area contributed by atoms with E-state index >= 15 is 0 Å². The number of nitrogens with zero attached hydrogens (tertiary/aromatic N) is 2. The number of anilines is 1. The highest BCUT2D eigenvalue weighted by Gasteiger charge is 2.13. The maximum Gasteiger partial charge on any atom is 0.227 e. The molecule has 1 aromatic heterocycles. The normalized spacial score (nSPS) is 10.4. The van der Waals surface area contributed by atoms with Crippen molar-refractivity contribution in [2.75, 3.05) is 12.4 Å². The van der Waals surface area contributed by atoms with E-state index in [0.717, 1.165) is 24.2 Å². The number of hydrogen-bond acceptors (Lipinski definition) is 4. The molecule has 2 rings (SSSR count). The van der Waals surface area contributed by atoms with E-state index in [0.29, 0.717) is 16.1 Å². The molecule has 2 aromatic rings. The predicted octanol–water partition coefficient (Wildman–Crippen LogP) is 4.16. The summed E-state index contributed by atoms with van der Waals surface area (Å²) in [7, 11) is 1.80. The van der Waals surface area contributed by atoms with E-state index in [9.17, 15) is 4.39 Å². The van der Waals surface area contributed by atoms with Crippen molar-refractivity contribution < 1.29 is 9.13 Å². The van der Waals surface area contributed by atoms with Crippen LogP contribution in [-0.2, 0) is 6.42 Å². The molecule has 0 aliphatic heterocycles. The summed E-state index contributed by atoms with van der Waals surface area (Å²) in [6.45, 7) is 2.06. The first-order valence-electron chi connectivity index (χ1n) is 6.30. The minimum atomic E-state index is -0.358. The molecule has 0 fully saturated rings. The Bertz CT molecular complexity index is 607. The van der Waals surface area contributed by atoms with E-state index in [4.69, 9.17) is 4.74 Å². The van der Waals surface area contributed by atoms with Crippen LogP contribution in [0.25, 0.3) is 0 Å². The summed E-state index contributed by atoms with van der Waals surface area (Å²) in [6.07, 6.45) is 3.13. The summed E-state index contributed by atoms with van der Waals surface area (Å²) in [5, 5.41) is 3.02. The molecule has 1 heterocycles. The molecule has 4 nitrogen and oxygen atoms in total. The van der Waals surface area contributed by atoms with Crippen molar-refractivity contribution in [3.8, 4) is 11.6 Å². The molecule has 0 aliphatic rings. The first-order chi connectivity index (χ1) is 9.65. The molecule has 6 heteroatoms. The lowest BCUT2D eigenvalue weighted by Gasteiger charge is -2.13. The molecule has 0 atom stereocenters. The molecule has 0 amide bonds. The Balaban J connectivity index is 2.39. The summed E-state index contributed by atoms with van der Waals surface area (Å²) in [5.74, 6) is 1.20. The van der Waals surface area contributed by atoms with Crippen molar-refractivity contribution in [2.24, 2.45) is 0 Å². The lowest BCUT2D eigenvalue weighted by molar-refractivity contribution is 0.447. The second kappa shape index (κ2) is 6.65. The summed E-state index contributed by atoms with van der Waals surface area (Å²) in [6, 6.07) is 4.29. The number of benzene rings is 1. The number of ether oxygens (including phenoxy) is 1. The molecule has 0 saturated carbocycles. The molecule has 1 N–H and O–H groups in total. The quantitative estimate of drug-likeness (QED) is 0.888. The van der Waals surface area contributed by atoms with Gasteiger partial charge in [0.1, 0.15) is 23.7 Å². The molecule has 106 valence electrons. The molecular formula is C14H15BrFN3O. The van der Waals surface area contributed by atoms with Gasteiger partial charge in [0.25, 0.3) is 0 Å². The number of nitrogens with one attached hydrogen (secondary N) is 1. The Morgan fingerprint density at radius 2 is 2.15 bits per heavy atom. The Kier molecular flexibility index (Phi) is 4.89. The second-order valence-corrected chi connectivity index (χ2v) is 5.04. The average molecular weight is 340 g/mol. The van der Waals surface area contributed by atoms with Crippen LogP contribution in [0.5, 0.6) is 11.6 Å². The third kappa shape index (κ3) is 3.25. The van der Waals surface area contributed by atoms with E-state index < -0.39 is 0 Å². The average Bonchev–Trinajstić information content (AvgIpc) is 2.45. The first-order valence-corrected chi connectivity index (χ1v) is 7.09. The fourth-order valence-corrected chi connectivity index (χ4v) is 2.16. The van der Waals surface area contributed by atoms with Crippen molar-refractivity contribution in [3.63, 3.8) is 0 Å². The predicted molar refractivity (Wildman–Crippen MR) is 79.7 cm³/mol. The van der Waals surface area contributed by atoms with Crippen molar-refractivity contribution in [1.29, 1.82) is 0 Å². The standard InChI is InChI=1S/C14H15BrFN3O/c1-3-4-10-13(17-2)18-8-19-14(10)20-12-7-9(16)5-6-11(12)15/h5-8H,3-4H2,1-2H3,(H,17,18,19). The van der Waals surface area contributed by atoms with Crippen LogP contribution >= 0.6 is 15.9 Å². The van der Waals surface area contributed by atoms with E-state index in [-0.39, 0.29) is 5.82 Å².